The monoisotopic (exact) mass is 199 g/mol. The Kier molecular flexibility index (Phi) is 3.71. The highest BCUT2D eigenvalue weighted by Gasteiger charge is 2.09. The van der Waals surface area contributed by atoms with Crippen molar-refractivity contribution in [3.8, 4) is 11.5 Å². The Morgan fingerprint density at radius 2 is 2.29 bits per heavy atom. The lowest BCUT2D eigenvalue weighted by molar-refractivity contribution is 0.372. The molecule has 0 aromatic heterocycles. The molecule has 0 spiro atoms. The molecule has 4 heteroatoms. The molecule has 0 aliphatic heterocycles. The zero-order valence-corrected chi connectivity index (χ0v) is 8.03. The quantitative estimate of drug-likeness (QED) is 0.776. The van der Waals surface area contributed by atoms with Crippen LogP contribution in [0.1, 0.15) is 18.0 Å². The zero-order valence-electron chi connectivity index (χ0n) is 8.03. The number of alkyl halides is 1. The van der Waals surface area contributed by atoms with E-state index in [0.717, 1.165) is 5.56 Å². The second kappa shape index (κ2) is 4.81. The van der Waals surface area contributed by atoms with Crippen LogP contribution in [0.3, 0.4) is 0 Å². The molecule has 3 nitrogen and oxygen atoms in total. The number of hydrogen-bond acceptors (Lipinski definition) is 3. The lowest BCUT2D eigenvalue weighted by Gasteiger charge is -2.11. The van der Waals surface area contributed by atoms with E-state index in [1.165, 1.54) is 13.2 Å². The third-order valence-corrected chi connectivity index (χ3v) is 2.05. The van der Waals surface area contributed by atoms with Crippen LogP contribution in [-0.2, 0) is 0 Å². The van der Waals surface area contributed by atoms with Crippen molar-refractivity contribution in [2.24, 2.45) is 5.73 Å². The van der Waals surface area contributed by atoms with Crippen molar-refractivity contribution >= 4 is 0 Å². The Bertz CT molecular complexity index is 304. The van der Waals surface area contributed by atoms with Crippen LogP contribution in [0.25, 0.3) is 0 Å². The first-order valence-corrected chi connectivity index (χ1v) is 4.37. The highest BCUT2D eigenvalue weighted by atomic mass is 19.1. The molecule has 1 atom stereocenters. The number of phenolic OH excluding ortho intramolecular Hbond substituents is 1. The molecule has 0 saturated heterocycles. The van der Waals surface area contributed by atoms with Gasteiger partial charge >= 0.3 is 0 Å². The number of nitrogens with two attached hydrogens (primary N) is 1. The van der Waals surface area contributed by atoms with Gasteiger partial charge in [-0.2, -0.15) is 0 Å². The van der Waals surface area contributed by atoms with E-state index >= 15 is 0 Å². The average molecular weight is 199 g/mol. The summed E-state index contributed by atoms with van der Waals surface area (Å²) >= 11 is 0. The molecule has 0 aliphatic carbocycles. The van der Waals surface area contributed by atoms with Crippen LogP contribution in [0, 0.1) is 0 Å². The van der Waals surface area contributed by atoms with E-state index in [2.05, 4.69) is 0 Å². The van der Waals surface area contributed by atoms with Gasteiger partial charge in [-0.3, -0.25) is 4.39 Å². The van der Waals surface area contributed by atoms with Crippen LogP contribution in [0.15, 0.2) is 18.2 Å². The van der Waals surface area contributed by atoms with E-state index < -0.39 is 6.67 Å². The SMILES string of the molecule is COc1cc([C@@H](N)CCF)ccc1O. The summed E-state index contributed by atoms with van der Waals surface area (Å²) in [6.45, 7) is -0.454. The molecule has 0 heterocycles. The molecular weight excluding hydrogens is 185 g/mol. The Morgan fingerprint density at radius 1 is 1.57 bits per heavy atom. The Labute approximate surface area is 82.3 Å². The highest BCUT2D eigenvalue weighted by Crippen LogP contribution is 2.28. The molecule has 0 bridgehead atoms. The molecule has 1 rings (SSSR count). The first-order chi connectivity index (χ1) is 6.69. The molecular formula is C10H14FNO2. The summed E-state index contributed by atoms with van der Waals surface area (Å²) in [5.74, 6) is 0.417. The van der Waals surface area contributed by atoms with E-state index in [-0.39, 0.29) is 18.2 Å². The topological polar surface area (TPSA) is 55.5 Å². The number of aromatic hydroxyl groups is 1. The van der Waals surface area contributed by atoms with Crippen molar-refractivity contribution in [2.45, 2.75) is 12.5 Å². The number of methoxy groups -OCH3 is 1. The Hall–Kier alpha value is -1.29. The van der Waals surface area contributed by atoms with E-state index in [9.17, 15) is 9.50 Å². The molecule has 0 fully saturated rings. The van der Waals surface area contributed by atoms with E-state index in [1.54, 1.807) is 12.1 Å². The van der Waals surface area contributed by atoms with Crippen molar-refractivity contribution in [3.63, 3.8) is 0 Å². The minimum absolute atomic E-state index is 0.0590. The first-order valence-electron chi connectivity index (χ1n) is 4.37. The van der Waals surface area contributed by atoms with Gasteiger partial charge in [-0.1, -0.05) is 6.07 Å². The van der Waals surface area contributed by atoms with Crippen LogP contribution in [-0.4, -0.2) is 18.9 Å². The molecule has 1 aromatic rings. The second-order valence-corrected chi connectivity index (χ2v) is 3.02. The summed E-state index contributed by atoms with van der Waals surface area (Å²) in [4.78, 5) is 0. The van der Waals surface area contributed by atoms with Crippen molar-refractivity contribution in [1.29, 1.82) is 0 Å². The fourth-order valence-electron chi connectivity index (χ4n) is 1.21. The minimum Gasteiger partial charge on any atom is -0.504 e. The predicted octanol–water partition coefficient (Wildman–Crippen LogP) is 1.76. The number of phenols is 1. The standard InChI is InChI=1S/C10H14FNO2/c1-14-10-6-7(2-3-9(10)13)8(12)4-5-11/h2-3,6,8,13H,4-5,12H2,1H3/t8-/m0/s1. The average Bonchev–Trinajstić information content (AvgIpc) is 2.19. The van der Waals surface area contributed by atoms with Gasteiger partial charge in [-0.25, -0.2) is 0 Å². The van der Waals surface area contributed by atoms with Gasteiger partial charge in [-0.15, -0.1) is 0 Å². The maximum atomic E-state index is 12.0. The molecule has 0 amide bonds. The lowest BCUT2D eigenvalue weighted by atomic mass is 10.0. The van der Waals surface area contributed by atoms with Gasteiger partial charge in [0.1, 0.15) is 0 Å². The maximum absolute atomic E-state index is 12.0. The normalized spacial score (nSPS) is 12.5. The van der Waals surface area contributed by atoms with E-state index in [0.29, 0.717) is 5.75 Å². The van der Waals surface area contributed by atoms with E-state index in [4.69, 9.17) is 10.5 Å². The molecule has 3 N–H and O–H groups in total. The smallest absolute Gasteiger partial charge is 0.160 e. The molecule has 0 saturated carbocycles. The largest absolute Gasteiger partial charge is 0.504 e. The van der Waals surface area contributed by atoms with Crippen LogP contribution in [0.2, 0.25) is 0 Å². The van der Waals surface area contributed by atoms with Gasteiger partial charge in [-0.05, 0) is 24.1 Å². The summed E-state index contributed by atoms with van der Waals surface area (Å²) in [6.07, 6.45) is 0.272. The summed E-state index contributed by atoms with van der Waals surface area (Å²) in [7, 11) is 1.46. The van der Waals surface area contributed by atoms with Crippen LogP contribution in [0.4, 0.5) is 4.39 Å². The van der Waals surface area contributed by atoms with Gasteiger partial charge in [0, 0.05) is 6.04 Å². The Morgan fingerprint density at radius 3 is 2.86 bits per heavy atom. The molecule has 0 radical (unpaired) electrons. The number of ether oxygens (including phenoxy) is 1. The van der Waals surface area contributed by atoms with Gasteiger partial charge in [0.05, 0.1) is 13.8 Å². The number of rotatable bonds is 4. The molecule has 78 valence electrons. The van der Waals surface area contributed by atoms with Gasteiger partial charge < -0.3 is 15.6 Å². The van der Waals surface area contributed by atoms with Gasteiger partial charge in [0.25, 0.3) is 0 Å². The molecule has 0 aliphatic rings. The number of halogens is 1. The molecule has 1 aromatic carbocycles. The van der Waals surface area contributed by atoms with Gasteiger partial charge in [0.2, 0.25) is 0 Å². The fraction of sp³-hybridized carbons (Fsp3) is 0.400. The Balaban J connectivity index is 2.88. The van der Waals surface area contributed by atoms with Crippen molar-refractivity contribution in [2.75, 3.05) is 13.8 Å². The molecule has 0 unspecified atom stereocenters. The first kappa shape index (κ1) is 10.8. The van der Waals surface area contributed by atoms with E-state index in [1.807, 2.05) is 0 Å². The van der Waals surface area contributed by atoms with Crippen LogP contribution in [0.5, 0.6) is 11.5 Å². The summed E-state index contributed by atoms with van der Waals surface area (Å²) < 4.78 is 16.9. The maximum Gasteiger partial charge on any atom is 0.160 e. The fourth-order valence-corrected chi connectivity index (χ4v) is 1.21. The number of hydrogen-bond donors (Lipinski definition) is 2. The number of benzene rings is 1. The van der Waals surface area contributed by atoms with Crippen molar-refractivity contribution < 1.29 is 14.2 Å². The molecule has 14 heavy (non-hydrogen) atoms. The van der Waals surface area contributed by atoms with Crippen LogP contribution < -0.4 is 10.5 Å². The van der Waals surface area contributed by atoms with Crippen molar-refractivity contribution in [3.05, 3.63) is 23.8 Å². The second-order valence-electron chi connectivity index (χ2n) is 3.02. The summed E-state index contributed by atoms with van der Waals surface area (Å²) in [5, 5.41) is 9.31. The third kappa shape index (κ3) is 2.35. The summed E-state index contributed by atoms with van der Waals surface area (Å²) in [5.41, 5.74) is 6.46. The zero-order chi connectivity index (χ0) is 10.6. The van der Waals surface area contributed by atoms with Crippen LogP contribution >= 0.6 is 0 Å². The lowest BCUT2D eigenvalue weighted by Crippen LogP contribution is -2.10. The third-order valence-electron chi connectivity index (χ3n) is 2.05. The van der Waals surface area contributed by atoms with Crippen molar-refractivity contribution in [1.82, 2.24) is 0 Å². The predicted molar refractivity (Wildman–Crippen MR) is 52.2 cm³/mol. The van der Waals surface area contributed by atoms with Gasteiger partial charge in [0.15, 0.2) is 11.5 Å². The highest BCUT2D eigenvalue weighted by molar-refractivity contribution is 5.42. The summed E-state index contributed by atoms with van der Waals surface area (Å²) in [6, 6.07) is 4.43. The minimum atomic E-state index is -0.454.